The summed E-state index contributed by atoms with van der Waals surface area (Å²) in [5.74, 6) is 0. The molecule has 1 aromatic rings. The van der Waals surface area contributed by atoms with Gasteiger partial charge in [0.15, 0.2) is 0 Å². The first-order valence-corrected chi connectivity index (χ1v) is 7.15. The fourth-order valence-corrected chi connectivity index (χ4v) is 2.76. The van der Waals surface area contributed by atoms with Crippen LogP contribution in [0.1, 0.15) is 36.8 Å². The minimum Gasteiger partial charge on any atom is -0.391 e. The molecule has 21 heavy (non-hydrogen) atoms. The molecule has 0 spiro atoms. The van der Waals surface area contributed by atoms with Crippen LogP contribution in [-0.4, -0.2) is 22.2 Å². The molecule has 0 radical (unpaired) electrons. The first-order chi connectivity index (χ1) is 9.79. The Morgan fingerprint density at radius 3 is 2.52 bits per heavy atom. The summed E-state index contributed by atoms with van der Waals surface area (Å²) < 4.78 is 39.2. The van der Waals surface area contributed by atoms with Gasteiger partial charge in [0, 0.05) is 11.3 Å². The summed E-state index contributed by atoms with van der Waals surface area (Å²) in [4.78, 5) is -0.286. The summed E-state index contributed by atoms with van der Waals surface area (Å²) in [6.45, 7) is 0. The van der Waals surface area contributed by atoms with Crippen LogP contribution in [0.2, 0.25) is 0 Å². The summed E-state index contributed by atoms with van der Waals surface area (Å²) in [5.41, 5.74) is 4.61. The average Bonchev–Trinajstić information content (AvgIpc) is 2.40. The normalized spacial score (nSPS) is 22.9. The zero-order valence-corrected chi connectivity index (χ0v) is 12.1. The zero-order valence-electron chi connectivity index (χ0n) is 11.3. The van der Waals surface area contributed by atoms with Gasteiger partial charge < -0.3 is 16.2 Å². The van der Waals surface area contributed by atoms with Crippen molar-refractivity contribution in [3.05, 3.63) is 29.3 Å². The van der Waals surface area contributed by atoms with E-state index in [2.05, 4.69) is 17.5 Å². The van der Waals surface area contributed by atoms with Crippen molar-refractivity contribution in [2.75, 3.05) is 5.32 Å². The van der Waals surface area contributed by atoms with E-state index in [4.69, 9.17) is 5.73 Å². The number of rotatable bonds is 3. The number of hydrogen-bond donors (Lipinski definition) is 3. The second-order valence-corrected chi connectivity index (χ2v) is 5.66. The van der Waals surface area contributed by atoms with Crippen LogP contribution < -0.4 is 11.1 Å². The summed E-state index contributed by atoms with van der Waals surface area (Å²) in [7, 11) is 0. The molecule has 1 aliphatic rings. The number of hydrogen-bond acceptors (Lipinski definition) is 3. The van der Waals surface area contributed by atoms with Crippen LogP contribution in [0.3, 0.4) is 0 Å². The highest BCUT2D eigenvalue weighted by Crippen LogP contribution is 2.34. The number of benzene rings is 1. The van der Waals surface area contributed by atoms with E-state index in [1.165, 1.54) is 12.1 Å². The van der Waals surface area contributed by atoms with E-state index in [1.54, 1.807) is 0 Å². The van der Waals surface area contributed by atoms with Crippen LogP contribution >= 0.6 is 12.2 Å². The lowest BCUT2D eigenvalue weighted by Gasteiger charge is -2.29. The van der Waals surface area contributed by atoms with Gasteiger partial charge in [-0.1, -0.05) is 25.1 Å². The minimum atomic E-state index is -4.53. The Bertz CT molecular complexity index is 533. The van der Waals surface area contributed by atoms with E-state index in [0.29, 0.717) is 12.1 Å². The Morgan fingerprint density at radius 2 is 1.95 bits per heavy atom. The third kappa shape index (κ3) is 3.85. The number of anilines is 1. The van der Waals surface area contributed by atoms with Gasteiger partial charge >= 0.3 is 6.18 Å². The lowest BCUT2D eigenvalue weighted by atomic mass is 9.92. The molecular formula is C14H17F3N2OS. The van der Waals surface area contributed by atoms with Crippen LogP contribution in [0, 0.1) is 0 Å². The first-order valence-electron chi connectivity index (χ1n) is 6.74. The molecule has 4 N–H and O–H groups in total. The Kier molecular flexibility index (Phi) is 4.73. The SMILES string of the molecule is NC(=S)c1ccc(NC2CCCCC2O)cc1C(F)(F)F. The lowest BCUT2D eigenvalue weighted by Crippen LogP contribution is -2.36. The summed E-state index contributed by atoms with van der Waals surface area (Å²) in [6, 6.07) is 3.54. The van der Waals surface area contributed by atoms with Gasteiger partial charge in [-0.25, -0.2) is 0 Å². The molecule has 116 valence electrons. The molecule has 1 aromatic carbocycles. The maximum absolute atomic E-state index is 13.1. The van der Waals surface area contributed by atoms with Crippen LogP contribution in [-0.2, 0) is 6.18 Å². The Labute approximate surface area is 126 Å². The Hall–Kier alpha value is -1.34. The predicted molar refractivity (Wildman–Crippen MR) is 79.2 cm³/mol. The van der Waals surface area contributed by atoms with Gasteiger partial charge in [0.05, 0.1) is 17.7 Å². The molecule has 0 saturated heterocycles. The van der Waals surface area contributed by atoms with Crippen molar-refractivity contribution in [2.45, 2.75) is 44.0 Å². The quantitative estimate of drug-likeness (QED) is 0.750. The van der Waals surface area contributed by atoms with Gasteiger partial charge in [0.25, 0.3) is 0 Å². The number of nitrogens with one attached hydrogen (secondary N) is 1. The highest BCUT2D eigenvalue weighted by molar-refractivity contribution is 7.80. The van der Waals surface area contributed by atoms with E-state index in [1.807, 2.05) is 0 Å². The van der Waals surface area contributed by atoms with Gasteiger partial charge in [-0.3, -0.25) is 0 Å². The monoisotopic (exact) mass is 318 g/mol. The highest BCUT2D eigenvalue weighted by atomic mass is 32.1. The Morgan fingerprint density at radius 1 is 1.29 bits per heavy atom. The molecule has 1 aliphatic carbocycles. The molecule has 1 fully saturated rings. The molecule has 7 heteroatoms. The molecule has 3 nitrogen and oxygen atoms in total. The van der Waals surface area contributed by atoms with Gasteiger partial charge in [-0.05, 0) is 31.0 Å². The second kappa shape index (κ2) is 6.19. The van der Waals surface area contributed by atoms with Gasteiger partial charge in [0.1, 0.15) is 4.99 Å². The maximum atomic E-state index is 13.1. The molecule has 2 unspecified atom stereocenters. The van der Waals surface area contributed by atoms with Crippen LogP contribution in [0.25, 0.3) is 0 Å². The smallest absolute Gasteiger partial charge is 0.391 e. The highest BCUT2D eigenvalue weighted by Gasteiger charge is 2.34. The standard InChI is InChI=1S/C14H17F3N2OS/c15-14(16,17)10-7-8(5-6-9(10)13(18)21)19-11-3-1-2-4-12(11)20/h5-7,11-12,19-20H,1-4H2,(H2,18,21). The number of aliphatic hydroxyl groups excluding tert-OH is 1. The molecular weight excluding hydrogens is 301 g/mol. The molecule has 0 aliphatic heterocycles. The van der Waals surface area contributed by atoms with Gasteiger partial charge in [-0.15, -0.1) is 0 Å². The summed E-state index contributed by atoms with van der Waals surface area (Å²) >= 11 is 4.66. The van der Waals surface area contributed by atoms with Gasteiger partial charge in [-0.2, -0.15) is 13.2 Å². The topological polar surface area (TPSA) is 58.3 Å². The van der Waals surface area contributed by atoms with E-state index in [-0.39, 0.29) is 16.6 Å². The lowest BCUT2D eigenvalue weighted by molar-refractivity contribution is -0.137. The minimum absolute atomic E-state index is 0.188. The number of thiocarbonyl (C=S) groups is 1. The fraction of sp³-hybridized carbons (Fsp3) is 0.500. The molecule has 0 heterocycles. The van der Waals surface area contributed by atoms with Crippen molar-refractivity contribution in [3.8, 4) is 0 Å². The fourth-order valence-electron chi connectivity index (χ4n) is 2.58. The number of alkyl halides is 3. The Balaban J connectivity index is 2.27. The number of nitrogens with two attached hydrogens (primary N) is 1. The van der Waals surface area contributed by atoms with E-state index >= 15 is 0 Å². The molecule has 0 bridgehead atoms. The molecule has 0 amide bonds. The largest absolute Gasteiger partial charge is 0.417 e. The maximum Gasteiger partial charge on any atom is 0.417 e. The number of aliphatic hydroxyl groups is 1. The van der Waals surface area contributed by atoms with Gasteiger partial charge in [0.2, 0.25) is 0 Å². The third-order valence-corrected chi connectivity index (χ3v) is 3.89. The predicted octanol–water partition coefficient (Wildman–Crippen LogP) is 3.06. The first kappa shape index (κ1) is 16.0. The number of halogens is 3. The van der Waals surface area contributed by atoms with Crippen molar-refractivity contribution in [3.63, 3.8) is 0 Å². The van der Waals surface area contributed by atoms with E-state index in [9.17, 15) is 18.3 Å². The molecule has 2 atom stereocenters. The van der Waals surface area contributed by atoms with Crippen molar-refractivity contribution < 1.29 is 18.3 Å². The molecule has 1 saturated carbocycles. The molecule has 2 rings (SSSR count). The second-order valence-electron chi connectivity index (χ2n) is 5.23. The molecule has 0 aromatic heterocycles. The van der Waals surface area contributed by atoms with Crippen molar-refractivity contribution in [1.29, 1.82) is 0 Å². The third-order valence-electron chi connectivity index (χ3n) is 3.67. The van der Waals surface area contributed by atoms with Crippen molar-refractivity contribution in [2.24, 2.45) is 5.73 Å². The zero-order chi connectivity index (χ0) is 15.6. The van der Waals surface area contributed by atoms with Crippen molar-refractivity contribution >= 4 is 22.9 Å². The van der Waals surface area contributed by atoms with Crippen LogP contribution in [0.4, 0.5) is 18.9 Å². The van der Waals surface area contributed by atoms with Crippen LogP contribution in [0.5, 0.6) is 0 Å². The van der Waals surface area contributed by atoms with Crippen molar-refractivity contribution in [1.82, 2.24) is 0 Å². The average molecular weight is 318 g/mol. The summed E-state index contributed by atoms with van der Waals surface area (Å²) in [6.07, 6.45) is -1.78. The van der Waals surface area contributed by atoms with E-state index < -0.39 is 17.8 Å². The van der Waals surface area contributed by atoms with Crippen LogP contribution in [0.15, 0.2) is 18.2 Å². The van der Waals surface area contributed by atoms with E-state index in [0.717, 1.165) is 25.3 Å². The summed E-state index contributed by atoms with van der Waals surface area (Å²) in [5, 5.41) is 12.9.